The number of carbonyl (C=O) groups is 3. The summed E-state index contributed by atoms with van der Waals surface area (Å²) in [5, 5.41) is 27.8. The molecule has 0 aliphatic carbocycles. The Morgan fingerprint density at radius 1 is 1.21 bits per heavy atom. The minimum Gasteiger partial charge on any atom is -0.479 e. The molecule has 1 spiro atoms. The zero-order valence-corrected chi connectivity index (χ0v) is 22.7. The molecule has 1 saturated heterocycles. The van der Waals surface area contributed by atoms with Crippen LogP contribution in [0.25, 0.3) is 0 Å². The van der Waals surface area contributed by atoms with E-state index in [2.05, 4.69) is 16.0 Å². The highest BCUT2D eigenvalue weighted by molar-refractivity contribution is 6.31. The van der Waals surface area contributed by atoms with Crippen LogP contribution in [0.2, 0.25) is 10.0 Å². The Morgan fingerprint density at radius 3 is 2.51 bits per heavy atom. The van der Waals surface area contributed by atoms with E-state index in [0.717, 1.165) is 0 Å². The number of hydrogen-bond donors (Lipinski definition) is 5. The number of rotatable bonds is 7. The summed E-state index contributed by atoms with van der Waals surface area (Å²) in [6.07, 6.45) is -1.36. The maximum atomic E-state index is 14.9. The van der Waals surface area contributed by atoms with E-state index < -0.39 is 53.1 Å². The molecule has 2 aliphatic heterocycles. The van der Waals surface area contributed by atoms with Gasteiger partial charge in [-0.15, -0.1) is 0 Å². The van der Waals surface area contributed by atoms with Crippen LogP contribution < -0.4 is 16.0 Å². The number of amides is 2. The van der Waals surface area contributed by atoms with Crippen LogP contribution in [0.15, 0.2) is 36.4 Å². The molecule has 5 atom stereocenters. The molecule has 0 bridgehead atoms. The first-order valence-electron chi connectivity index (χ1n) is 12.3. The van der Waals surface area contributed by atoms with Gasteiger partial charge < -0.3 is 26.2 Å². The summed E-state index contributed by atoms with van der Waals surface area (Å²) in [7, 11) is 0. The first-order valence-corrected chi connectivity index (χ1v) is 13.0. The van der Waals surface area contributed by atoms with Gasteiger partial charge in [0.2, 0.25) is 11.8 Å². The minimum atomic E-state index is -1.63. The lowest BCUT2D eigenvalue weighted by atomic mass is 9.62. The maximum absolute atomic E-state index is 14.9. The van der Waals surface area contributed by atoms with Crippen LogP contribution in [-0.2, 0) is 19.8 Å². The number of halogens is 3. The summed E-state index contributed by atoms with van der Waals surface area (Å²) in [4.78, 5) is 38.6. The van der Waals surface area contributed by atoms with Crippen molar-refractivity contribution in [2.45, 2.75) is 70.6 Å². The normalized spacial score (nSPS) is 24.6. The van der Waals surface area contributed by atoms with Gasteiger partial charge in [0.1, 0.15) is 11.2 Å². The predicted octanol–water partition coefficient (Wildman–Crippen LogP) is 4.47. The van der Waals surface area contributed by atoms with Crippen molar-refractivity contribution in [3.8, 4) is 0 Å². The average Bonchev–Trinajstić information content (AvgIpc) is 3.28. The van der Waals surface area contributed by atoms with Gasteiger partial charge in [0.15, 0.2) is 6.10 Å². The molecule has 2 aromatic rings. The van der Waals surface area contributed by atoms with Gasteiger partial charge in [0.25, 0.3) is 0 Å². The zero-order valence-electron chi connectivity index (χ0n) is 21.1. The summed E-state index contributed by atoms with van der Waals surface area (Å²) >= 11 is 12.4. The number of carboxylic acid groups (broad SMARTS) is 1. The summed E-state index contributed by atoms with van der Waals surface area (Å²) in [5.41, 5.74) is -0.298. The fourth-order valence-electron chi connectivity index (χ4n) is 5.70. The van der Waals surface area contributed by atoms with Crippen molar-refractivity contribution >= 4 is 46.7 Å². The molecule has 2 aliphatic rings. The van der Waals surface area contributed by atoms with Gasteiger partial charge in [-0.1, -0.05) is 63.5 Å². The molecule has 212 valence electrons. The number of nitrogens with one attached hydrogen (secondary N) is 3. The minimum absolute atomic E-state index is 0. The van der Waals surface area contributed by atoms with E-state index in [-0.39, 0.29) is 30.8 Å². The van der Waals surface area contributed by atoms with Gasteiger partial charge in [0, 0.05) is 35.6 Å². The highest BCUT2D eigenvalue weighted by atomic mass is 35.5. The third-order valence-electron chi connectivity index (χ3n) is 7.19. The second-order valence-corrected chi connectivity index (χ2v) is 11.9. The average molecular weight is 583 g/mol. The van der Waals surface area contributed by atoms with Crippen LogP contribution in [0.5, 0.6) is 0 Å². The molecule has 0 radical (unpaired) electrons. The Bertz CT molecular complexity index is 1280. The number of carboxylic acids is 1. The Morgan fingerprint density at radius 2 is 1.90 bits per heavy atom. The Labute approximate surface area is 237 Å². The number of benzene rings is 2. The molecular weight excluding hydrogens is 548 g/mol. The number of anilines is 1. The van der Waals surface area contributed by atoms with Crippen molar-refractivity contribution in [1.82, 2.24) is 10.6 Å². The summed E-state index contributed by atoms with van der Waals surface area (Å²) in [6, 6.07) is 7.93. The summed E-state index contributed by atoms with van der Waals surface area (Å²) in [5.74, 6) is -3.76. The van der Waals surface area contributed by atoms with Crippen molar-refractivity contribution in [3.63, 3.8) is 0 Å². The third kappa shape index (κ3) is 5.77. The van der Waals surface area contributed by atoms with E-state index in [1.807, 2.05) is 20.8 Å². The van der Waals surface area contributed by atoms with Gasteiger partial charge in [0.05, 0.1) is 11.1 Å². The van der Waals surface area contributed by atoms with Gasteiger partial charge in [-0.25, -0.2) is 9.18 Å². The standard InChI is InChI=1S/C27H30Cl2FN3O5.CH4/c1-26(2,3)12-20-27(15-10-17(30)16(29)11-18(15)32-25(27)38)21(13-5-4-6-14(28)9-13)22(33-20)23(35)31-8-7-19(34)24(36)37;/h4-6,9-11,19-22,33-34H,7-8,12H2,1-3H3,(H,31,35)(H,32,38)(H,36,37);1H4. The monoisotopic (exact) mass is 581 g/mol. The van der Waals surface area contributed by atoms with Crippen LogP contribution in [0.1, 0.15) is 58.1 Å². The lowest BCUT2D eigenvalue weighted by Gasteiger charge is -2.37. The van der Waals surface area contributed by atoms with E-state index in [4.69, 9.17) is 28.3 Å². The van der Waals surface area contributed by atoms with Crippen LogP contribution in [0.3, 0.4) is 0 Å². The van der Waals surface area contributed by atoms with Crippen molar-refractivity contribution in [2.24, 2.45) is 5.41 Å². The molecule has 0 saturated carbocycles. The molecule has 4 rings (SSSR count). The quantitative estimate of drug-likeness (QED) is 0.328. The van der Waals surface area contributed by atoms with Gasteiger partial charge in [-0.05, 0) is 47.2 Å². The predicted molar refractivity (Wildman–Crippen MR) is 149 cm³/mol. The Balaban J connectivity index is 0.00000420. The topological polar surface area (TPSA) is 128 Å². The van der Waals surface area contributed by atoms with Crippen molar-refractivity contribution < 1.29 is 29.0 Å². The number of aliphatic carboxylic acids is 1. The van der Waals surface area contributed by atoms with Crippen molar-refractivity contribution in [2.75, 3.05) is 11.9 Å². The largest absolute Gasteiger partial charge is 0.479 e. The molecule has 2 amide bonds. The van der Waals surface area contributed by atoms with E-state index in [1.54, 1.807) is 24.3 Å². The molecule has 5 unspecified atom stereocenters. The first-order chi connectivity index (χ1) is 17.8. The zero-order chi connectivity index (χ0) is 28.0. The van der Waals surface area contributed by atoms with E-state index >= 15 is 0 Å². The number of carbonyl (C=O) groups excluding carboxylic acids is 2. The molecule has 8 nitrogen and oxygen atoms in total. The Hall–Kier alpha value is -2.72. The highest BCUT2D eigenvalue weighted by Gasteiger charge is 2.65. The maximum Gasteiger partial charge on any atom is 0.332 e. The van der Waals surface area contributed by atoms with Crippen LogP contribution in [0.4, 0.5) is 10.1 Å². The third-order valence-corrected chi connectivity index (χ3v) is 7.72. The number of fused-ring (bicyclic) bond motifs is 2. The van der Waals surface area contributed by atoms with Crippen molar-refractivity contribution in [3.05, 3.63) is 63.4 Å². The first kappa shape index (κ1) is 30.8. The smallest absolute Gasteiger partial charge is 0.332 e. The molecule has 5 N–H and O–H groups in total. The molecule has 1 fully saturated rings. The highest BCUT2D eigenvalue weighted by Crippen LogP contribution is 2.57. The van der Waals surface area contributed by atoms with Crippen LogP contribution in [0, 0.1) is 11.2 Å². The van der Waals surface area contributed by atoms with Gasteiger partial charge in [-0.3, -0.25) is 9.59 Å². The second kappa shape index (κ2) is 11.4. The SMILES string of the molecule is C.CC(C)(C)CC1NC(C(=O)NCCC(O)C(=O)O)C(c2cccc(Cl)c2)C12C(=O)Nc1cc(Cl)c(F)cc12. The number of aliphatic hydroxyl groups is 1. The van der Waals surface area contributed by atoms with Crippen molar-refractivity contribution in [1.29, 1.82) is 0 Å². The molecule has 0 aromatic heterocycles. The molecular formula is C28H34Cl2FN3O5. The molecule has 39 heavy (non-hydrogen) atoms. The van der Waals surface area contributed by atoms with Crippen LogP contribution in [-0.4, -0.2) is 52.7 Å². The lowest BCUT2D eigenvalue weighted by Crippen LogP contribution is -2.49. The lowest BCUT2D eigenvalue weighted by molar-refractivity contribution is -0.147. The van der Waals surface area contributed by atoms with Crippen LogP contribution >= 0.6 is 23.2 Å². The van der Waals surface area contributed by atoms with Gasteiger partial charge in [-0.2, -0.15) is 0 Å². The summed E-state index contributed by atoms with van der Waals surface area (Å²) < 4.78 is 14.9. The number of hydrogen-bond acceptors (Lipinski definition) is 5. The molecule has 11 heteroatoms. The molecule has 2 aromatic carbocycles. The van der Waals surface area contributed by atoms with E-state index in [9.17, 15) is 23.9 Å². The van der Waals surface area contributed by atoms with E-state index in [1.165, 1.54) is 12.1 Å². The Kier molecular flexibility index (Phi) is 9.02. The second-order valence-electron chi connectivity index (χ2n) is 11.1. The van der Waals surface area contributed by atoms with Gasteiger partial charge >= 0.3 is 5.97 Å². The fourth-order valence-corrected chi connectivity index (χ4v) is 6.06. The summed E-state index contributed by atoms with van der Waals surface area (Å²) in [6.45, 7) is 5.92. The molecule has 2 heterocycles. The number of aliphatic hydroxyl groups excluding tert-OH is 1. The van der Waals surface area contributed by atoms with E-state index in [0.29, 0.717) is 28.3 Å². The fraction of sp³-hybridized carbons (Fsp3) is 0.464.